The maximum Gasteiger partial charge on any atom is 0.293 e. The van der Waals surface area contributed by atoms with Crippen LogP contribution >= 0.6 is 0 Å². The maximum atomic E-state index is 13.3. The summed E-state index contributed by atoms with van der Waals surface area (Å²) in [7, 11) is 0. The van der Waals surface area contributed by atoms with E-state index in [-0.39, 0.29) is 17.8 Å². The van der Waals surface area contributed by atoms with Crippen LogP contribution in [0.5, 0.6) is 0 Å². The average molecular weight is 406 g/mol. The SMILES string of the molecule is CC#CCn1c(N2CCCCC2)nc2cnn(Cc3ccccc3[N+](=O)[O-])c(=O)c21. The van der Waals surface area contributed by atoms with Gasteiger partial charge in [0.15, 0.2) is 0 Å². The highest BCUT2D eigenvalue weighted by atomic mass is 16.6. The normalized spacial score (nSPS) is 13.8. The van der Waals surface area contributed by atoms with Crippen molar-refractivity contribution < 1.29 is 4.92 Å². The standard InChI is InChI=1S/C21H22N6O3/c1-2-3-13-25-19-17(23-21(25)24-11-7-4-8-12-24)14-22-26(20(19)28)15-16-9-5-6-10-18(16)27(29)30/h5-6,9-10,14H,4,7-8,11-13,15H2,1H3. The summed E-state index contributed by atoms with van der Waals surface area (Å²) in [5.41, 5.74) is 0.987. The molecule has 0 saturated carbocycles. The van der Waals surface area contributed by atoms with Gasteiger partial charge in [0.1, 0.15) is 11.0 Å². The number of aromatic nitrogens is 4. The fraction of sp³-hybridized carbons (Fsp3) is 0.381. The van der Waals surface area contributed by atoms with Crippen LogP contribution < -0.4 is 10.5 Å². The van der Waals surface area contributed by atoms with Crippen LogP contribution in [0.15, 0.2) is 35.3 Å². The van der Waals surface area contributed by atoms with Crippen molar-refractivity contribution in [3.8, 4) is 11.8 Å². The first-order valence-electron chi connectivity index (χ1n) is 9.93. The third-order valence-corrected chi connectivity index (χ3v) is 5.29. The van der Waals surface area contributed by atoms with Gasteiger partial charge in [0.25, 0.3) is 11.2 Å². The minimum absolute atomic E-state index is 0.00953. The van der Waals surface area contributed by atoms with Gasteiger partial charge in [-0.1, -0.05) is 24.1 Å². The highest BCUT2D eigenvalue weighted by Gasteiger charge is 2.22. The zero-order valence-corrected chi connectivity index (χ0v) is 16.7. The Bertz CT molecular complexity index is 1210. The van der Waals surface area contributed by atoms with E-state index in [0.717, 1.165) is 31.9 Å². The van der Waals surface area contributed by atoms with Gasteiger partial charge < -0.3 is 4.90 Å². The van der Waals surface area contributed by atoms with Gasteiger partial charge in [0.05, 0.1) is 29.8 Å². The number of rotatable bonds is 5. The summed E-state index contributed by atoms with van der Waals surface area (Å²) in [4.78, 5) is 31.0. The summed E-state index contributed by atoms with van der Waals surface area (Å²) in [5.74, 6) is 6.64. The Morgan fingerprint density at radius 1 is 1.20 bits per heavy atom. The second kappa shape index (κ2) is 8.37. The Kier molecular flexibility index (Phi) is 5.48. The van der Waals surface area contributed by atoms with Gasteiger partial charge in [0.2, 0.25) is 5.95 Å². The van der Waals surface area contributed by atoms with Crippen LogP contribution in [0.2, 0.25) is 0 Å². The molecule has 0 radical (unpaired) electrons. The first-order chi connectivity index (χ1) is 14.6. The van der Waals surface area contributed by atoms with E-state index in [9.17, 15) is 14.9 Å². The fourth-order valence-corrected chi connectivity index (χ4v) is 3.81. The molecule has 9 nitrogen and oxygen atoms in total. The van der Waals surface area contributed by atoms with E-state index in [1.807, 2.05) is 4.57 Å². The summed E-state index contributed by atoms with van der Waals surface area (Å²) in [6.07, 6.45) is 4.91. The van der Waals surface area contributed by atoms with Gasteiger partial charge in [-0.05, 0) is 26.2 Å². The van der Waals surface area contributed by atoms with Crippen LogP contribution in [0.4, 0.5) is 11.6 Å². The minimum atomic E-state index is -0.450. The summed E-state index contributed by atoms with van der Waals surface area (Å²) in [5, 5.41) is 15.6. The van der Waals surface area contributed by atoms with Crippen molar-refractivity contribution in [3.05, 3.63) is 56.5 Å². The molecule has 2 aromatic heterocycles. The second-order valence-electron chi connectivity index (χ2n) is 7.20. The molecule has 1 fully saturated rings. The number of hydrogen-bond acceptors (Lipinski definition) is 6. The van der Waals surface area contributed by atoms with E-state index in [1.54, 1.807) is 31.3 Å². The fourth-order valence-electron chi connectivity index (χ4n) is 3.81. The molecule has 30 heavy (non-hydrogen) atoms. The number of para-hydroxylation sites is 1. The molecule has 0 amide bonds. The molecule has 1 aliphatic rings. The van der Waals surface area contributed by atoms with Crippen LogP contribution in [-0.4, -0.2) is 37.3 Å². The number of benzene rings is 1. The Hall–Kier alpha value is -3.67. The van der Waals surface area contributed by atoms with Crippen molar-refractivity contribution in [2.24, 2.45) is 0 Å². The van der Waals surface area contributed by atoms with E-state index in [1.165, 1.54) is 17.2 Å². The molecule has 1 aliphatic heterocycles. The van der Waals surface area contributed by atoms with Crippen LogP contribution in [0.3, 0.4) is 0 Å². The lowest BCUT2D eigenvalue weighted by Crippen LogP contribution is -2.32. The van der Waals surface area contributed by atoms with Gasteiger partial charge in [-0.2, -0.15) is 5.10 Å². The third kappa shape index (κ3) is 3.64. The number of hydrogen-bond donors (Lipinski definition) is 0. The van der Waals surface area contributed by atoms with Crippen LogP contribution in [0.25, 0.3) is 11.0 Å². The van der Waals surface area contributed by atoms with Gasteiger partial charge in [-0.25, -0.2) is 9.67 Å². The molecule has 1 aromatic carbocycles. The quantitative estimate of drug-likeness (QED) is 0.367. The van der Waals surface area contributed by atoms with E-state index in [2.05, 4.69) is 26.8 Å². The Balaban J connectivity index is 1.82. The average Bonchev–Trinajstić information content (AvgIpc) is 3.14. The lowest BCUT2D eigenvalue weighted by Gasteiger charge is -2.27. The molecule has 1 saturated heterocycles. The Morgan fingerprint density at radius 3 is 2.70 bits per heavy atom. The second-order valence-corrected chi connectivity index (χ2v) is 7.20. The van der Waals surface area contributed by atoms with E-state index in [0.29, 0.717) is 23.1 Å². The molecule has 154 valence electrons. The minimum Gasteiger partial charge on any atom is -0.342 e. The molecule has 9 heteroatoms. The van der Waals surface area contributed by atoms with Crippen LogP contribution in [0, 0.1) is 22.0 Å². The zero-order chi connectivity index (χ0) is 21.1. The highest BCUT2D eigenvalue weighted by molar-refractivity contribution is 5.77. The van der Waals surface area contributed by atoms with E-state index >= 15 is 0 Å². The molecular formula is C21H22N6O3. The summed E-state index contributed by atoms with van der Waals surface area (Å²) >= 11 is 0. The Morgan fingerprint density at radius 2 is 1.97 bits per heavy atom. The molecule has 0 aliphatic carbocycles. The number of fused-ring (bicyclic) bond motifs is 1. The van der Waals surface area contributed by atoms with Gasteiger partial charge in [-0.15, -0.1) is 5.92 Å². The first-order valence-corrected chi connectivity index (χ1v) is 9.93. The van der Waals surface area contributed by atoms with Crippen molar-refractivity contribution in [1.82, 2.24) is 19.3 Å². The van der Waals surface area contributed by atoms with Crippen LogP contribution in [0.1, 0.15) is 31.7 Å². The zero-order valence-electron chi connectivity index (χ0n) is 16.7. The van der Waals surface area contributed by atoms with Gasteiger partial charge in [0, 0.05) is 19.2 Å². The summed E-state index contributed by atoms with van der Waals surface area (Å²) in [6.45, 7) is 3.90. The van der Waals surface area contributed by atoms with Crippen molar-refractivity contribution in [3.63, 3.8) is 0 Å². The number of piperidine rings is 1. The molecule has 3 heterocycles. The largest absolute Gasteiger partial charge is 0.342 e. The highest BCUT2D eigenvalue weighted by Crippen LogP contribution is 2.23. The maximum absolute atomic E-state index is 13.3. The van der Waals surface area contributed by atoms with Crippen molar-refractivity contribution in [2.75, 3.05) is 18.0 Å². The third-order valence-electron chi connectivity index (χ3n) is 5.29. The molecule has 0 bridgehead atoms. The Labute approximate surface area is 173 Å². The predicted octanol–water partition coefficient (Wildman–Crippen LogP) is 2.56. The monoisotopic (exact) mass is 406 g/mol. The molecule has 0 atom stereocenters. The predicted molar refractivity (Wildman–Crippen MR) is 114 cm³/mol. The number of anilines is 1. The van der Waals surface area contributed by atoms with E-state index < -0.39 is 4.92 Å². The van der Waals surface area contributed by atoms with Crippen molar-refractivity contribution in [1.29, 1.82) is 0 Å². The summed E-state index contributed by atoms with van der Waals surface area (Å²) in [6, 6.07) is 6.37. The lowest BCUT2D eigenvalue weighted by atomic mass is 10.1. The van der Waals surface area contributed by atoms with Crippen LogP contribution in [-0.2, 0) is 13.1 Å². The molecule has 0 spiro atoms. The molecule has 0 N–H and O–H groups in total. The number of nitrogens with zero attached hydrogens (tertiary/aromatic N) is 6. The summed E-state index contributed by atoms with van der Waals surface area (Å²) < 4.78 is 3.10. The molecule has 0 unspecified atom stereocenters. The van der Waals surface area contributed by atoms with Crippen molar-refractivity contribution >= 4 is 22.7 Å². The molecule has 4 rings (SSSR count). The molecule has 3 aromatic rings. The molecular weight excluding hydrogens is 384 g/mol. The number of nitro benzene ring substituents is 1. The lowest BCUT2D eigenvalue weighted by molar-refractivity contribution is -0.385. The first kappa shape index (κ1) is 19.6. The van der Waals surface area contributed by atoms with Gasteiger partial charge >= 0.3 is 0 Å². The number of nitro groups is 1. The van der Waals surface area contributed by atoms with E-state index in [4.69, 9.17) is 0 Å². The smallest absolute Gasteiger partial charge is 0.293 e. The van der Waals surface area contributed by atoms with Gasteiger partial charge in [-0.3, -0.25) is 19.5 Å². The number of imidazole rings is 1. The van der Waals surface area contributed by atoms with Crippen molar-refractivity contribution in [2.45, 2.75) is 39.3 Å². The topological polar surface area (TPSA) is 99.1 Å².